The van der Waals surface area contributed by atoms with Crippen molar-refractivity contribution in [2.24, 2.45) is 0 Å². The number of aryl methyl sites for hydroxylation is 1. The summed E-state index contributed by atoms with van der Waals surface area (Å²) in [6.07, 6.45) is 4.67. The monoisotopic (exact) mass is 283 g/mol. The van der Waals surface area contributed by atoms with Crippen molar-refractivity contribution in [3.8, 4) is 11.5 Å². The van der Waals surface area contributed by atoms with Crippen LogP contribution in [0.2, 0.25) is 0 Å². The largest absolute Gasteiger partial charge is 1.00 e. The number of fused-ring (bicyclic) bond motifs is 1. The van der Waals surface area contributed by atoms with Gasteiger partial charge in [0.2, 0.25) is 0 Å². The summed E-state index contributed by atoms with van der Waals surface area (Å²) in [5, 5.41) is 0. The van der Waals surface area contributed by atoms with Gasteiger partial charge in [-0.15, -0.1) is 0 Å². The van der Waals surface area contributed by atoms with Gasteiger partial charge in [-0.3, -0.25) is 0 Å². The van der Waals surface area contributed by atoms with E-state index >= 15 is 0 Å². The first-order valence-corrected chi connectivity index (χ1v) is 7.01. The topological polar surface area (TPSA) is 80.6 Å². The summed E-state index contributed by atoms with van der Waals surface area (Å²) < 4.78 is 44.0. The normalized spacial score (nSPS) is 14.7. The van der Waals surface area contributed by atoms with Crippen molar-refractivity contribution in [3.05, 3.63) is 12.4 Å². The van der Waals surface area contributed by atoms with E-state index in [1.165, 1.54) is 0 Å². The maximum atomic E-state index is 10.4. The molecule has 0 bridgehead atoms. The predicted molar refractivity (Wildman–Crippen MR) is 59.2 cm³/mol. The second kappa shape index (κ2) is 6.81. The van der Waals surface area contributed by atoms with Crippen molar-refractivity contribution in [1.82, 2.24) is 4.57 Å². The molecular formula is C10H14NNaO5S. The number of hydrogen-bond donors (Lipinski definition) is 0. The second-order valence-electron chi connectivity index (χ2n) is 3.89. The van der Waals surface area contributed by atoms with Gasteiger partial charge in [-0.05, 0) is 6.42 Å². The third-order valence-corrected chi connectivity index (χ3v) is 3.21. The third-order valence-electron chi connectivity index (χ3n) is 2.42. The summed E-state index contributed by atoms with van der Waals surface area (Å²) >= 11 is 0. The van der Waals surface area contributed by atoms with Crippen LogP contribution in [-0.2, 0) is 16.7 Å². The van der Waals surface area contributed by atoms with Crippen LogP contribution in [0.15, 0.2) is 12.4 Å². The van der Waals surface area contributed by atoms with Crippen molar-refractivity contribution in [2.75, 3.05) is 19.0 Å². The molecular weight excluding hydrogens is 269 g/mol. The molecule has 0 aliphatic carbocycles. The molecule has 2 heterocycles. The van der Waals surface area contributed by atoms with E-state index in [0.717, 1.165) is 6.42 Å². The molecule has 0 atom stereocenters. The van der Waals surface area contributed by atoms with Gasteiger partial charge in [-0.1, -0.05) is 0 Å². The number of ether oxygens (including phenoxy) is 2. The number of aromatic nitrogens is 1. The van der Waals surface area contributed by atoms with Crippen LogP contribution in [0.5, 0.6) is 11.5 Å². The summed E-state index contributed by atoms with van der Waals surface area (Å²) in [4.78, 5) is 0. The molecule has 0 radical (unpaired) electrons. The molecule has 0 saturated carbocycles. The predicted octanol–water partition coefficient (Wildman–Crippen LogP) is -2.41. The maximum absolute atomic E-state index is 10.4. The molecule has 96 valence electrons. The Labute approximate surface area is 128 Å². The van der Waals surface area contributed by atoms with E-state index in [0.29, 0.717) is 37.7 Å². The molecule has 0 fully saturated rings. The van der Waals surface area contributed by atoms with E-state index in [4.69, 9.17) is 9.47 Å². The summed E-state index contributed by atoms with van der Waals surface area (Å²) in [7, 11) is -4.13. The van der Waals surface area contributed by atoms with Crippen molar-refractivity contribution in [1.29, 1.82) is 0 Å². The fourth-order valence-electron chi connectivity index (χ4n) is 1.66. The minimum absolute atomic E-state index is 0. The molecule has 1 aromatic rings. The zero-order valence-corrected chi connectivity index (χ0v) is 13.1. The zero-order chi connectivity index (χ0) is 12.3. The number of nitrogens with zero attached hydrogens (tertiary/aromatic N) is 1. The van der Waals surface area contributed by atoms with Gasteiger partial charge >= 0.3 is 29.6 Å². The molecule has 18 heavy (non-hydrogen) atoms. The van der Waals surface area contributed by atoms with Crippen LogP contribution in [0.3, 0.4) is 0 Å². The van der Waals surface area contributed by atoms with Crippen LogP contribution < -0.4 is 39.0 Å². The molecule has 1 aliphatic heterocycles. The summed E-state index contributed by atoms with van der Waals surface area (Å²) in [6, 6.07) is 0. The molecule has 0 amide bonds. The van der Waals surface area contributed by atoms with Crippen LogP contribution in [-0.4, -0.2) is 36.5 Å². The first-order chi connectivity index (χ1) is 8.04. The molecule has 8 heteroatoms. The quantitative estimate of drug-likeness (QED) is 0.454. The van der Waals surface area contributed by atoms with Crippen LogP contribution in [0.4, 0.5) is 0 Å². The average Bonchev–Trinajstić information content (AvgIpc) is 2.47. The smallest absolute Gasteiger partial charge is 0.748 e. The second-order valence-corrected chi connectivity index (χ2v) is 5.41. The standard InChI is InChI=1S/C10H15NO5S.Na/c12-17(13,14)6-1-3-11-7-9-10(8-11)16-5-2-4-15-9;/h7-8H,1-6H2,(H,12,13,14);/q;+1/p-1. The molecule has 0 N–H and O–H groups in total. The fourth-order valence-corrected chi connectivity index (χ4v) is 2.14. The Kier molecular flexibility index (Phi) is 6.00. The molecule has 0 saturated heterocycles. The molecule has 1 aliphatic rings. The van der Waals surface area contributed by atoms with Crippen LogP contribution >= 0.6 is 0 Å². The number of rotatable bonds is 4. The summed E-state index contributed by atoms with van der Waals surface area (Å²) in [5.41, 5.74) is 0. The Morgan fingerprint density at radius 2 is 1.78 bits per heavy atom. The SMILES string of the molecule is O=S(=O)([O-])CCCn1cc2c(c1)OCCCO2.[Na+]. The third kappa shape index (κ3) is 4.81. The van der Waals surface area contributed by atoms with E-state index in [1.54, 1.807) is 17.0 Å². The van der Waals surface area contributed by atoms with Crippen LogP contribution in [0, 0.1) is 0 Å². The number of hydrogen-bond acceptors (Lipinski definition) is 5. The Morgan fingerprint density at radius 1 is 1.22 bits per heavy atom. The Bertz CT molecular complexity index is 461. The first-order valence-electron chi connectivity index (χ1n) is 5.43. The molecule has 6 nitrogen and oxygen atoms in total. The zero-order valence-electron chi connectivity index (χ0n) is 10.3. The van der Waals surface area contributed by atoms with Crippen molar-refractivity contribution < 1.29 is 52.0 Å². The Hall–Kier alpha value is -0.210. The van der Waals surface area contributed by atoms with Gasteiger partial charge in [0.15, 0.2) is 11.5 Å². The minimum atomic E-state index is -4.13. The first kappa shape index (κ1) is 15.8. The van der Waals surface area contributed by atoms with Crippen LogP contribution in [0.25, 0.3) is 0 Å². The Morgan fingerprint density at radius 3 is 2.28 bits per heavy atom. The molecule has 0 spiro atoms. The fraction of sp³-hybridized carbons (Fsp3) is 0.600. The van der Waals surface area contributed by atoms with E-state index in [1.807, 2.05) is 0 Å². The molecule has 0 aromatic carbocycles. The average molecular weight is 283 g/mol. The van der Waals surface area contributed by atoms with E-state index in [-0.39, 0.29) is 35.3 Å². The van der Waals surface area contributed by atoms with Gasteiger partial charge in [0.25, 0.3) is 0 Å². The van der Waals surface area contributed by atoms with E-state index in [2.05, 4.69) is 0 Å². The van der Waals surface area contributed by atoms with Gasteiger partial charge in [0.05, 0.1) is 23.3 Å². The van der Waals surface area contributed by atoms with Crippen molar-refractivity contribution >= 4 is 10.1 Å². The molecule has 1 aromatic heterocycles. The van der Waals surface area contributed by atoms with Crippen molar-refractivity contribution in [3.63, 3.8) is 0 Å². The van der Waals surface area contributed by atoms with Gasteiger partial charge in [0.1, 0.15) is 0 Å². The molecule has 2 rings (SSSR count). The molecule has 0 unspecified atom stereocenters. The van der Waals surface area contributed by atoms with Gasteiger partial charge in [-0.25, -0.2) is 8.42 Å². The van der Waals surface area contributed by atoms with Crippen LogP contribution in [0.1, 0.15) is 12.8 Å². The van der Waals surface area contributed by atoms with Gasteiger partial charge in [0, 0.05) is 31.1 Å². The maximum Gasteiger partial charge on any atom is 1.00 e. The summed E-state index contributed by atoms with van der Waals surface area (Å²) in [6.45, 7) is 1.69. The van der Waals surface area contributed by atoms with Crippen molar-refractivity contribution in [2.45, 2.75) is 19.4 Å². The van der Waals surface area contributed by atoms with Gasteiger partial charge < -0.3 is 18.6 Å². The Balaban J connectivity index is 0.00000162. The minimum Gasteiger partial charge on any atom is -0.748 e. The van der Waals surface area contributed by atoms with Gasteiger partial charge in [-0.2, -0.15) is 0 Å². The summed E-state index contributed by atoms with van der Waals surface area (Å²) in [5.74, 6) is 0.998. The van der Waals surface area contributed by atoms with E-state index < -0.39 is 10.1 Å². The van der Waals surface area contributed by atoms with E-state index in [9.17, 15) is 13.0 Å².